The van der Waals surface area contributed by atoms with E-state index in [9.17, 15) is 9.18 Å². The summed E-state index contributed by atoms with van der Waals surface area (Å²) in [6.07, 6.45) is 0. The number of halogens is 2. The molecular weight excluding hydrogens is 207 g/mol. The Balaban J connectivity index is 3.06. The molecule has 0 spiro atoms. The van der Waals surface area contributed by atoms with E-state index in [2.05, 4.69) is 0 Å². The number of Topliss-reactive ketones (excluding diaryl/α,β-unsaturated/α-hetero) is 1. The first-order chi connectivity index (χ1) is 6.56. The van der Waals surface area contributed by atoms with E-state index >= 15 is 0 Å². The fourth-order valence-electron chi connectivity index (χ4n) is 1.04. The zero-order valence-corrected chi connectivity index (χ0v) is 8.64. The second-order valence-corrected chi connectivity index (χ2v) is 3.48. The molecule has 1 aromatic carbocycles. The van der Waals surface area contributed by atoms with Gasteiger partial charge in [0.25, 0.3) is 0 Å². The second kappa shape index (κ2) is 4.42. The zero-order chi connectivity index (χ0) is 10.7. The monoisotopic (exact) mass is 216 g/mol. The number of ketones is 1. The smallest absolute Gasteiger partial charge is 0.183 e. The second-order valence-electron chi connectivity index (χ2n) is 2.83. The molecule has 0 saturated carbocycles. The lowest BCUT2D eigenvalue weighted by atomic mass is 10.1. The van der Waals surface area contributed by atoms with Crippen molar-refractivity contribution in [3.05, 3.63) is 29.6 Å². The van der Waals surface area contributed by atoms with Gasteiger partial charge < -0.3 is 4.74 Å². The molecule has 4 heteroatoms. The minimum Gasteiger partial charge on any atom is -0.497 e. The van der Waals surface area contributed by atoms with Crippen molar-refractivity contribution in [3.8, 4) is 5.75 Å². The molecule has 2 nitrogen and oxygen atoms in total. The Morgan fingerprint density at radius 3 is 2.64 bits per heavy atom. The Kier molecular flexibility index (Phi) is 3.47. The van der Waals surface area contributed by atoms with Gasteiger partial charge in [0, 0.05) is 6.07 Å². The molecule has 0 N–H and O–H groups in total. The molecule has 0 aliphatic rings. The van der Waals surface area contributed by atoms with Gasteiger partial charge >= 0.3 is 0 Å². The molecule has 0 aromatic heterocycles. The molecule has 1 unspecified atom stereocenters. The number of alkyl halides is 1. The first-order valence-corrected chi connectivity index (χ1v) is 4.51. The minimum atomic E-state index is -0.724. The molecule has 0 heterocycles. The highest BCUT2D eigenvalue weighted by Gasteiger charge is 2.16. The lowest BCUT2D eigenvalue weighted by molar-refractivity contribution is 0.0988. The highest BCUT2D eigenvalue weighted by Crippen LogP contribution is 2.18. The van der Waals surface area contributed by atoms with E-state index in [1.54, 1.807) is 0 Å². The van der Waals surface area contributed by atoms with Crippen molar-refractivity contribution >= 4 is 17.4 Å². The quantitative estimate of drug-likeness (QED) is 0.574. The topological polar surface area (TPSA) is 26.3 Å². The lowest BCUT2D eigenvalue weighted by Crippen LogP contribution is -2.12. The van der Waals surface area contributed by atoms with E-state index in [-0.39, 0.29) is 5.56 Å². The molecule has 0 saturated heterocycles. The van der Waals surface area contributed by atoms with Crippen molar-refractivity contribution in [1.82, 2.24) is 0 Å². The highest BCUT2D eigenvalue weighted by atomic mass is 35.5. The fourth-order valence-corrected chi connectivity index (χ4v) is 1.15. The number of rotatable bonds is 3. The molecule has 0 radical (unpaired) electrons. The summed E-state index contributed by atoms with van der Waals surface area (Å²) in [5.74, 6) is -0.657. The molecule has 0 aliphatic heterocycles. The Labute approximate surface area is 86.6 Å². The maximum absolute atomic E-state index is 13.3. The van der Waals surface area contributed by atoms with Crippen molar-refractivity contribution in [2.24, 2.45) is 0 Å². The SMILES string of the molecule is COc1ccc(C(=O)C(C)Cl)c(F)c1. The van der Waals surface area contributed by atoms with Crippen molar-refractivity contribution in [3.63, 3.8) is 0 Å². The Hall–Kier alpha value is -1.09. The Morgan fingerprint density at radius 2 is 2.21 bits per heavy atom. The van der Waals surface area contributed by atoms with E-state index in [0.29, 0.717) is 5.75 Å². The average Bonchev–Trinajstić information content (AvgIpc) is 2.16. The van der Waals surface area contributed by atoms with Crippen LogP contribution in [0.15, 0.2) is 18.2 Å². The predicted molar refractivity (Wildman–Crippen MR) is 52.6 cm³/mol. The van der Waals surface area contributed by atoms with Gasteiger partial charge in [-0.2, -0.15) is 0 Å². The molecule has 0 aliphatic carbocycles. The summed E-state index contributed by atoms with van der Waals surface area (Å²) in [5.41, 5.74) is -0.00620. The molecule has 1 atom stereocenters. The van der Waals surface area contributed by atoms with Crippen molar-refractivity contribution < 1.29 is 13.9 Å². The van der Waals surface area contributed by atoms with Gasteiger partial charge in [-0.05, 0) is 19.1 Å². The number of hydrogen-bond acceptors (Lipinski definition) is 2. The number of carbonyl (C=O) groups excluding carboxylic acids is 1. The molecule has 0 fully saturated rings. The summed E-state index contributed by atoms with van der Waals surface area (Å²) in [6, 6.07) is 4.05. The van der Waals surface area contributed by atoms with Crippen LogP contribution in [0.1, 0.15) is 17.3 Å². The predicted octanol–water partition coefficient (Wildman–Crippen LogP) is 2.64. The highest BCUT2D eigenvalue weighted by molar-refractivity contribution is 6.33. The van der Waals surface area contributed by atoms with Gasteiger partial charge in [0.2, 0.25) is 0 Å². The van der Waals surface area contributed by atoms with E-state index < -0.39 is 17.0 Å². The van der Waals surface area contributed by atoms with Crippen LogP contribution in [0.5, 0.6) is 5.75 Å². The maximum Gasteiger partial charge on any atom is 0.183 e. The molecule has 0 amide bonds. The minimum absolute atomic E-state index is 0.00620. The fraction of sp³-hybridized carbons (Fsp3) is 0.300. The summed E-state index contributed by atoms with van der Waals surface area (Å²) in [7, 11) is 1.43. The third-order valence-corrected chi connectivity index (χ3v) is 2.00. The van der Waals surface area contributed by atoms with Gasteiger partial charge in [0.05, 0.1) is 18.1 Å². The summed E-state index contributed by atoms with van der Waals surface area (Å²) < 4.78 is 18.1. The van der Waals surface area contributed by atoms with Gasteiger partial charge in [-0.3, -0.25) is 4.79 Å². The average molecular weight is 217 g/mol. The summed E-state index contributed by atoms with van der Waals surface area (Å²) in [5, 5.41) is -0.724. The first kappa shape index (κ1) is 11.0. The molecule has 0 bridgehead atoms. The third kappa shape index (κ3) is 2.23. The standard InChI is InChI=1S/C10H10ClFO2/c1-6(11)10(13)8-4-3-7(14-2)5-9(8)12/h3-6H,1-2H3. The van der Waals surface area contributed by atoms with Crippen LogP contribution in [0.2, 0.25) is 0 Å². The van der Waals surface area contributed by atoms with E-state index in [4.69, 9.17) is 16.3 Å². The molecule has 76 valence electrons. The van der Waals surface area contributed by atoms with Crippen molar-refractivity contribution in [1.29, 1.82) is 0 Å². The number of hydrogen-bond donors (Lipinski definition) is 0. The van der Waals surface area contributed by atoms with Gasteiger partial charge in [-0.25, -0.2) is 4.39 Å². The molecular formula is C10H10ClFO2. The van der Waals surface area contributed by atoms with Crippen LogP contribution >= 0.6 is 11.6 Å². The molecule has 1 aromatic rings. The van der Waals surface area contributed by atoms with E-state index in [0.717, 1.165) is 6.07 Å². The molecule has 1 rings (SSSR count). The van der Waals surface area contributed by atoms with Crippen molar-refractivity contribution in [2.45, 2.75) is 12.3 Å². The van der Waals surface area contributed by atoms with Crippen LogP contribution in [0.3, 0.4) is 0 Å². The van der Waals surface area contributed by atoms with Crippen LogP contribution < -0.4 is 4.74 Å². The number of carbonyl (C=O) groups is 1. The van der Waals surface area contributed by atoms with Gasteiger partial charge in [0.15, 0.2) is 5.78 Å². The lowest BCUT2D eigenvalue weighted by Gasteiger charge is -2.05. The van der Waals surface area contributed by atoms with Crippen LogP contribution in [0, 0.1) is 5.82 Å². The largest absolute Gasteiger partial charge is 0.497 e. The van der Waals surface area contributed by atoms with Crippen LogP contribution in [-0.2, 0) is 0 Å². The van der Waals surface area contributed by atoms with Gasteiger partial charge in [0.1, 0.15) is 11.6 Å². The normalized spacial score (nSPS) is 12.3. The number of benzene rings is 1. The Bertz CT molecular complexity index is 350. The number of methoxy groups -OCH3 is 1. The molecule has 14 heavy (non-hydrogen) atoms. The van der Waals surface area contributed by atoms with Crippen LogP contribution in [-0.4, -0.2) is 18.3 Å². The van der Waals surface area contributed by atoms with Crippen LogP contribution in [0.25, 0.3) is 0 Å². The van der Waals surface area contributed by atoms with Gasteiger partial charge in [-0.15, -0.1) is 11.6 Å². The van der Waals surface area contributed by atoms with Crippen LogP contribution in [0.4, 0.5) is 4.39 Å². The van der Waals surface area contributed by atoms with E-state index in [1.807, 2.05) is 0 Å². The summed E-state index contributed by atoms with van der Waals surface area (Å²) in [6.45, 7) is 1.51. The van der Waals surface area contributed by atoms with E-state index in [1.165, 1.54) is 26.2 Å². The maximum atomic E-state index is 13.3. The summed E-state index contributed by atoms with van der Waals surface area (Å²) in [4.78, 5) is 11.4. The van der Waals surface area contributed by atoms with Crippen molar-refractivity contribution in [2.75, 3.05) is 7.11 Å². The zero-order valence-electron chi connectivity index (χ0n) is 7.88. The number of ether oxygens (including phenoxy) is 1. The third-order valence-electron chi connectivity index (χ3n) is 1.80. The Morgan fingerprint density at radius 1 is 1.57 bits per heavy atom. The summed E-state index contributed by atoms with van der Waals surface area (Å²) >= 11 is 5.56. The first-order valence-electron chi connectivity index (χ1n) is 4.08. The van der Waals surface area contributed by atoms with Gasteiger partial charge in [-0.1, -0.05) is 0 Å².